The van der Waals surface area contributed by atoms with Crippen LogP contribution in [0.2, 0.25) is 0 Å². The molecular weight excluding hydrogens is 320 g/mol. The van der Waals surface area contributed by atoms with Crippen molar-refractivity contribution in [3.05, 3.63) is 48.5 Å². The molecule has 1 saturated heterocycles. The molecule has 6 heteroatoms. The average Bonchev–Trinajstić information content (AvgIpc) is 3.15. The van der Waals surface area contributed by atoms with Crippen molar-refractivity contribution in [2.24, 2.45) is 0 Å². The summed E-state index contributed by atoms with van der Waals surface area (Å²) >= 11 is 0. The van der Waals surface area contributed by atoms with Crippen LogP contribution in [0.25, 0.3) is 0 Å². The highest BCUT2D eigenvalue weighted by Crippen LogP contribution is 2.35. The van der Waals surface area contributed by atoms with Gasteiger partial charge in [-0.15, -0.1) is 0 Å². The van der Waals surface area contributed by atoms with Gasteiger partial charge in [-0.3, -0.25) is 4.79 Å². The predicted molar refractivity (Wildman–Crippen MR) is 93.3 cm³/mol. The number of anilines is 1. The Balaban J connectivity index is 1.30. The molecule has 0 N–H and O–H groups in total. The molecule has 25 heavy (non-hydrogen) atoms. The van der Waals surface area contributed by atoms with Crippen LogP contribution in [0.1, 0.15) is 0 Å². The lowest BCUT2D eigenvalue weighted by molar-refractivity contribution is -0.133. The minimum absolute atomic E-state index is 0.0224. The number of carbonyl (C=O) groups is 1. The van der Waals surface area contributed by atoms with Crippen LogP contribution in [0.3, 0.4) is 0 Å². The van der Waals surface area contributed by atoms with Gasteiger partial charge in [0.05, 0.1) is 0 Å². The summed E-state index contributed by atoms with van der Waals surface area (Å²) in [6.07, 6.45) is 0. The van der Waals surface area contributed by atoms with Crippen LogP contribution in [-0.2, 0) is 4.79 Å². The number of hydrogen-bond acceptors (Lipinski definition) is 5. The van der Waals surface area contributed by atoms with Crippen LogP contribution in [0.5, 0.6) is 17.2 Å². The van der Waals surface area contributed by atoms with E-state index in [1.165, 1.54) is 0 Å². The molecule has 4 rings (SSSR count). The maximum atomic E-state index is 12.3. The zero-order valence-corrected chi connectivity index (χ0v) is 13.9. The van der Waals surface area contributed by atoms with E-state index in [-0.39, 0.29) is 19.3 Å². The standard InChI is InChI=1S/C19H20N2O4/c22-19(13-23-16-4-2-1-3-5-16)21-10-8-20(9-11-21)15-6-7-17-18(12-15)25-14-24-17/h1-7,12H,8-11,13-14H2. The van der Waals surface area contributed by atoms with Gasteiger partial charge in [0.25, 0.3) is 5.91 Å². The van der Waals surface area contributed by atoms with E-state index in [2.05, 4.69) is 4.90 Å². The van der Waals surface area contributed by atoms with Crippen LogP contribution in [-0.4, -0.2) is 50.4 Å². The number of piperazine rings is 1. The lowest BCUT2D eigenvalue weighted by Crippen LogP contribution is -2.50. The average molecular weight is 340 g/mol. The number of carbonyl (C=O) groups excluding carboxylic acids is 1. The minimum atomic E-state index is 0.0224. The first-order valence-electron chi connectivity index (χ1n) is 8.40. The van der Waals surface area contributed by atoms with Gasteiger partial charge in [0.15, 0.2) is 18.1 Å². The summed E-state index contributed by atoms with van der Waals surface area (Å²) in [5.74, 6) is 2.31. The lowest BCUT2D eigenvalue weighted by atomic mass is 10.2. The van der Waals surface area contributed by atoms with Crippen molar-refractivity contribution in [3.8, 4) is 17.2 Å². The highest BCUT2D eigenvalue weighted by molar-refractivity contribution is 5.78. The Morgan fingerprint density at radius 2 is 1.72 bits per heavy atom. The quantitative estimate of drug-likeness (QED) is 0.854. The first-order valence-corrected chi connectivity index (χ1v) is 8.40. The Morgan fingerprint density at radius 3 is 2.52 bits per heavy atom. The Morgan fingerprint density at radius 1 is 0.960 bits per heavy atom. The van der Waals surface area contributed by atoms with Crippen LogP contribution < -0.4 is 19.1 Å². The molecule has 2 aliphatic rings. The third kappa shape index (κ3) is 3.47. The molecule has 0 atom stereocenters. The summed E-state index contributed by atoms with van der Waals surface area (Å²) < 4.78 is 16.3. The maximum absolute atomic E-state index is 12.3. The zero-order chi connectivity index (χ0) is 17.1. The second-order valence-corrected chi connectivity index (χ2v) is 6.01. The van der Waals surface area contributed by atoms with Crippen molar-refractivity contribution in [1.29, 1.82) is 0 Å². The van der Waals surface area contributed by atoms with Gasteiger partial charge in [0, 0.05) is 37.9 Å². The van der Waals surface area contributed by atoms with E-state index in [9.17, 15) is 4.79 Å². The Hall–Kier alpha value is -2.89. The van der Waals surface area contributed by atoms with Gasteiger partial charge < -0.3 is 24.0 Å². The van der Waals surface area contributed by atoms with Gasteiger partial charge in [0.1, 0.15) is 5.75 Å². The van der Waals surface area contributed by atoms with E-state index < -0.39 is 0 Å². The SMILES string of the molecule is O=C(COc1ccccc1)N1CCN(c2ccc3c(c2)OCO3)CC1. The van der Waals surface area contributed by atoms with Crippen molar-refractivity contribution in [2.45, 2.75) is 0 Å². The Labute approximate surface area is 146 Å². The van der Waals surface area contributed by atoms with Crippen molar-refractivity contribution >= 4 is 11.6 Å². The molecule has 1 amide bonds. The molecule has 2 aliphatic heterocycles. The van der Waals surface area contributed by atoms with E-state index in [0.29, 0.717) is 13.1 Å². The van der Waals surface area contributed by atoms with Crippen molar-refractivity contribution < 1.29 is 19.0 Å². The summed E-state index contributed by atoms with van der Waals surface area (Å²) in [5.41, 5.74) is 1.09. The molecular formula is C19H20N2O4. The van der Waals surface area contributed by atoms with Crippen LogP contribution in [0.15, 0.2) is 48.5 Å². The predicted octanol–water partition coefficient (Wildman–Crippen LogP) is 2.14. The molecule has 0 unspecified atom stereocenters. The van der Waals surface area contributed by atoms with Gasteiger partial charge in [-0.25, -0.2) is 0 Å². The number of fused-ring (bicyclic) bond motifs is 1. The molecule has 2 aromatic rings. The largest absolute Gasteiger partial charge is 0.484 e. The van der Waals surface area contributed by atoms with E-state index >= 15 is 0 Å². The zero-order valence-electron chi connectivity index (χ0n) is 13.9. The minimum Gasteiger partial charge on any atom is -0.484 e. The first kappa shape index (κ1) is 15.6. The molecule has 2 aromatic carbocycles. The second-order valence-electron chi connectivity index (χ2n) is 6.01. The van der Waals surface area contributed by atoms with Gasteiger partial charge >= 0.3 is 0 Å². The third-order valence-electron chi connectivity index (χ3n) is 4.46. The van der Waals surface area contributed by atoms with Crippen molar-refractivity contribution in [3.63, 3.8) is 0 Å². The molecule has 6 nitrogen and oxygen atoms in total. The number of nitrogens with zero attached hydrogens (tertiary/aromatic N) is 2. The van der Waals surface area contributed by atoms with E-state index in [4.69, 9.17) is 14.2 Å². The number of hydrogen-bond donors (Lipinski definition) is 0. The molecule has 0 aliphatic carbocycles. The molecule has 0 spiro atoms. The normalized spacial score (nSPS) is 16.0. The fourth-order valence-corrected chi connectivity index (χ4v) is 3.05. The number of rotatable bonds is 4. The van der Waals surface area contributed by atoms with E-state index in [0.717, 1.165) is 36.0 Å². The summed E-state index contributed by atoms with van der Waals surface area (Å²) in [4.78, 5) is 16.4. The number of para-hydroxylation sites is 1. The highest BCUT2D eigenvalue weighted by atomic mass is 16.7. The number of amides is 1. The molecule has 0 aromatic heterocycles. The third-order valence-corrected chi connectivity index (χ3v) is 4.46. The highest BCUT2D eigenvalue weighted by Gasteiger charge is 2.23. The summed E-state index contributed by atoms with van der Waals surface area (Å²) in [6, 6.07) is 15.4. The van der Waals surface area contributed by atoms with Gasteiger partial charge in [0.2, 0.25) is 6.79 Å². The Kier molecular flexibility index (Phi) is 4.33. The number of ether oxygens (including phenoxy) is 3. The van der Waals surface area contributed by atoms with Gasteiger partial charge in [-0.05, 0) is 24.3 Å². The first-order chi connectivity index (χ1) is 12.3. The molecule has 1 fully saturated rings. The summed E-state index contributed by atoms with van der Waals surface area (Å²) in [5, 5.41) is 0. The topological polar surface area (TPSA) is 51.2 Å². The number of benzene rings is 2. The Bertz CT molecular complexity index is 742. The summed E-state index contributed by atoms with van der Waals surface area (Å²) in [7, 11) is 0. The van der Waals surface area contributed by atoms with Crippen molar-refractivity contribution in [2.75, 3.05) is 44.5 Å². The lowest BCUT2D eigenvalue weighted by Gasteiger charge is -2.36. The monoisotopic (exact) mass is 340 g/mol. The molecule has 2 heterocycles. The molecule has 130 valence electrons. The van der Waals surface area contributed by atoms with E-state index in [1.54, 1.807) is 0 Å². The van der Waals surface area contributed by atoms with E-state index in [1.807, 2.05) is 53.4 Å². The molecule has 0 saturated carbocycles. The van der Waals surface area contributed by atoms with Crippen LogP contribution >= 0.6 is 0 Å². The maximum Gasteiger partial charge on any atom is 0.260 e. The molecule has 0 bridgehead atoms. The smallest absolute Gasteiger partial charge is 0.260 e. The molecule has 0 radical (unpaired) electrons. The van der Waals surface area contributed by atoms with Crippen LogP contribution in [0.4, 0.5) is 5.69 Å². The van der Waals surface area contributed by atoms with Crippen molar-refractivity contribution in [1.82, 2.24) is 4.90 Å². The van der Waals surface area contributed by atoms with Gasteiger partial charge in [-0.2, -0.15) is 0 Å². The fraction of sp³-hybridized carbons (Fsp3) is 0.316. The second kappa shape index (κ2) is 6.93. The van der Waals surface area contributed by atoms with Crippen LogP contribution in [0, 0.1) is 0 Å². The fourth-order valence-electron chi connectivity index (χ4n) is 3.05. The van der Waals surface area contributed by atoms with Gasteiger partial charge in [-0.1, -0.05) is 18.2 Å². The summed E-state index contributed by atoms with van der Waals surface area (Å²) in [6.45, 7) is 3.31.